The molecule has 0 bridgehead atoms. The summed E-state index contributed by atoms with van der Waals surface area (Å²) in [6, 6.07) is 4.30. The molecule has 0 spiro atoms. The third kappa shape index (κ3) is 2.97. The van der Waals surface area contributed by atoms with Gasteiger partial charge in [0, 0.05) is 17.2 Å². The molecule has 0 radical (unpaired) electrons. The molecule has 0 atom stereocenters. The van der Waals surface area contributed by atoms with Crippen molar-refractivity contribution < 1.29 is 14.2 Å². The quantitative estimate of drug-likeness (QED) is 0.669. The van der Waals surface area contributed by atoms with Crippen LogP contribution >= 0.6 is 0 Å². The van der Waals surface area contributed by atoms with Gasteiger partial charge in [0.1, 0.15) is 0 Å². The Bertz CT molecular complexity index is 665. The first kappa shape index (κ1) is 13.7. The number of aryl methyl sites for hydroxylation is 2. The van der Waals surface area contributed by atoms with Gasteiger partial charge < -0.3 is 9.84 Å². The van der Waals surface area contributed by atoms with Crippen molar-refractivity contribution in [3.05, 3.63) is 51.2 Å². The molecular formula is C12H12N4O4. The van der Waals surface area contributed by atoms with Gasteiger partial charge in [0.2, 0.25) is 5.89 Å². The molecule has 0 saturated carbocycles. The lowest BCUT2D eigenvalue weighted by molar-refractivity contribution is -0.385. The minimum atomic E-state index is -0.520. The number of benzene rings is 1. The van der Waals surface area contributed by atoms with Gasteiger partial charge in [-0.15, -0.1) is 0 Å². The second-order valence-corrected chi connectivity index (χ2v) is 4.18. The number of amides is 1. The number of carbonyl (C=O) groups is 1. The Hall–Kier alpha value is -2.77. The molecule has 1 aromatic carbocycles. The number of hydrogen-bond acceptors (Lipinski definition) is 6. The molecule has 8 heteroatoms. The van der Waals surface area contributed by atoms with Crippen LogP contribution in [0.5, 0.6) is 0 Å². The van der Waals surface area contributed by atoms with Crippen LogP contribution in [0.25, 0.3) is 0 Å². The van der Waals surface area contributed by atoms with E-state index in [1.54, 1.807) is 13.8 Å². The van der Waals surface area contributed by atoms with Crippen molar-refractivity contribution in [2.75, 3.05) is 0 Å². The monoisotopic (exact) mass is 276 g/mol. The van der Waals surface area contributed by atoms with Gasteiger partial charge in [0.05, 0.1) is 11.5 Å². The Kier molecular flexibility index (Phi) is 3.74. The Balaban J connectivity index is 2.09. The first-order valence-electron chi connectivity index (χ1n) is 5.80. The topological polar surface area (TPSA) is 111 Å². The molecule has 2 rings (SSSR count). The van der Waals surface area contributed by atoms with E-state index in [-0.39, 0.29) is 23.7 Å². The summed E-state index contributed by atoms with van der Waals surface area (Å²) < 4.78 is 4.85. The van der Waals surface area contributed by atoms with E-state index < -0.39 is 10.8 Å². The van der Waals surface area contributed by atoms with Crippen LogP contribution in [0, 0.1) is 24.0 Å². The third-order valence-electron chi connectivity index (χ3n) is 2.64. The lowest BCUT2D eigenvalue weighted by Crippen LogP contribution is -2.23. The summed E-state index contributed by atoms with van der Waals surface area (Å²) in [6.45, 7) is 3.35. The number of carbonyl (C=O) groups excluding carboxylic acids is 1. The smallest absolute Gasteiger partial charge is 0.273 e. The highest BCUT2D eigenvalue weighted by Gasteiger charge is 2.15. The summed E-state index contributed by atoms with van der Waals surface area (Å²) in [5.41, 5.74) is 0.615. The zero-order valence-corrected chi connectivity index (χ0v) is 10.9. The Labute approximate surface area is 113 Å². The van der Waals surface area contributed by atoms with Crippen LogP contribution in [0.1, 0.15) is 27.6 Å². The van der Waals surface area contributed by atoms with E-state index in [0.29, 0.717) is 11.4 Å². The molecule has 0 saturated heterocycles. The molecule has 1 aromatic heterocycles. The average molecular weight is 276 g/mol. The summed E-state index contributed by atoms with van der Waals surface area (Å²) in [6.07, 6.45) is 0. The fraction of sp³-hybridized carbons (Fsp3) is 0.250. The molecular weight excluding hydrogens is 264 g/mol. The van der Waals surface area contributed by atoms with Crippen LogP contribution in [-0.4, -0.2) is 21.0 Å². The summed E-state index contributed by atoms with van der Waals surface area (Å²) in [5.74, 6) is 0.307. The van der Waals surface area contributed by atoms with Gasteiger partial charge in [0.25, 0.3) is 11.6 Å². The molecule has 0 aliphatic rings. The molecule has 1 heterocycles. The average Bonchev–Trinajstić information content (AvgIpc) is 2.82. The molecule has 1 amide bonds. The van der Waals surface area contributed by atoms with Crippen molar-refractivity contribution >= 4 is 11.6 Å². The zero-order valence-electron chi connectivity index (χ0n) is 10.9. The Morgan fingerprint density at radius 1 is 1.45 bits per heavy atom. The predicted molar refractivity (Wildman–Crippen MR) is 68.0 cm³/mol. The first-order valence-corrected chi connectivity index (χ1v) is 5.80. The highest BCUT2D eigenvalue weighted by molar-refractivity contribution is 5.94. The molecule has 104 valence electrons. The van der Waals surface area contributed by atoms with Crippen molar-refractivity contribution in [2.45, 2.75) is 20.4 Å². The molecule has 1 N–H and O–H groups in total. The maximum atomic E-state index is 11.9. The van der Waals surface area contributed by atoms with E-state index in [9.17, 15) is 14.9 Å². The van der Waals surface area contributed by atoms with Gasteiger partial charge in [-0.25, -0.2) is 0 Å². The van der Waals surface area contributed by atoms with Gasteiger partial charge in [-0.2, -0.15) is 4.98 Å². The fourth-order valence-electron chi connectivity index (χ4n) is 1.62. The number of aromatic nitrogens is 2. The molecule has 8 nitrogen and oxygen atoms in total. The molecule has 0 aliphatic heterocycles. The lowest BCUT2D eigenvalue weighted by atomic mass is 10.1. The van der Waals surface area contributed by atoms with Crippen LogP contribution in [0.15, 0.2) is 22.7 Å². The van der Waals surface area contributed by atoms with Crippen molar-refractivity contribution in [1.82, 2.24) is 15.5 Å². The van der Waals surface area contributed by atoms with Crippen LogP contribution in [-0.2, 0) is 6.54 Å². The number of rotatable bonds is 4. The number of nitrogens with one attached hydrogen (secondary N) is 1. The third-order valence-corrected chi connectivity index (χ3v) is 2.64. The predicted octanol–water partition coefficient (Wildman–Crippen LogP) is 1.52. The summed E-state index contributed by atoms with van der Waals surface area (Å²) in [4.78, 5) is 26.1. The first-order chi connectivity index (χ1) is 9.47. The van der Waals surface area contributed by atoms with Gasteiger partial charge in [-0.3, -0.25) is 14.9 Å². The standard InChI is InChI=1S/C12H12N4O4/c1-7-3-4-9(5-10(7)16(18)19)12(17)13-6-11-14-8(2)15-20-11/h3-5H,6H2,1-2H3,(H,13,17). The molecule has 2 aromatic rings. The van der Waals surface area contributed by atoms with Crippen LogP contribution in [0.3, 0.4) is 0 Å². The lowest BCUT2D eigenvalue weighted by Gasteiger charge is -2.03. The Morgan fingerprint density at radius 2 is 2.20 bits per heavy atom. The number of nitro benzene ring substituents is 1. The highest BCUT2D eigenvalue weighted by Crippen LogP contribution is 2.19. The maximum Gasteiger partial charge on any atom is 0.273 e. The highest BCUT2D eigenvalue weighted by atomic mass is 16.6. The number of nitro groups is 1. The molecule has 0 fully saturated rings. The number of hydrogen-bond donors (Lipinski definition) is 1. The molecule has 0 aliphatic carbocycles. The SMILES string of the molecule is Cc1noc(CNC(=O)c2ccc(C)c([N+](=O)[O-])c2)n1. The van der Waals surface area contributed by atoms with Crippen molar-refractivity contribution in [2.24, 2.45) is 0 Å². The van der Waals surface area contributed by atoms with E-state index in [2.05, 4.69) is 15.5 Å². The fourth-order valence-corrected chi connectivity index (χ4v) is 1.62. The second kappa shape index (κ2) is 5.47. The van der Waals surface area contributed by atoms with E-state index in [4.69, 9.17) is 4.52 Å². The van der Waals surface area contributed by atoms with Crippen molar-refractivity contribution in [3.8, 4) is 0 Å². The van der Waals surface area contributed by atoms with E-state index in [1.807, 2.05) is 0 Å². The minimum Gasteiger partial charge on any atom is -0.343 e. The summed E-state index contributed by atoms with van der Waals surface area (Å²) in [7, 11) is 0. The Morgan fingerprint density at radius 3 is 2.80 bits per heavy atom. The summed E-state index contributed by atoms with van der Waals surface area (Å²) in [5, 5.41) is 17.0. The van der Waals surface area contributed by atoms with Crippen LogP contribution in [0.4, 0.5) is 5.69 Å². The van der Waals surface area contributed by atoms with Crippen molar-refractivity contribution in [3.63, 3.8) is 0 Å². The molecule has 20 heavy (non-hydrogen) atoms. The minimum absolute atomic E-state index is 0.0708. The number of nitrogens with zero attached hydrogens (tertiary/aromatic N) is 3. The normalized spacial score (nSPS) is 10.3. The largest absolute Gasteiger partial charge is 0.343 e. The zero-order chi connectivity index (χ0) is 14.7. The summed E-state index contributed by atoms with van der Waals surface area (Å²) >= 11 is 0. The van der Waals surface area contributed by atoms with E-state index in [0.717, 1.165) is 0 Å². The van der Waals surface area contributed by atoms with Crippen molar-refractivity contribution in [1.29, 1.82) is 0 Å². The van der Waals surface area contributed by atoms with Crippen LogP contribution < -0.4 is 5.32 Å². The van der Waals surface area contributed by atoms with Gasteiger partial charge in [-0.1, -0.05) is 11.2 Å². The van der Waals surface area contributed by atoms with E-state index in [1.165, 1.54) is 18.2 Å². The van der Waals surface area contributed by atoms with Crippen LogP contribution in [0.2, 0.25) is 0 Å². The van der Waals surface area contributed by atoms with Gasteiger partial charge >= 0.3 is 0 Å². The maximum absolute atomic E-state index is 11.9. The molecule has 0 unspecified atom stereocenters. The van der Waals surface area contributed by atoms with Gasteiger partial charge in [0.15, 0.2) is 5.82 Å². The van der Waals surface area contributed by atoms with E-state index >= 15 is 0 Å². The second-order valence-electron chi connectivity index (χ2n) is 4.18. The van der Waals surface area contributed by atoms with Gasteiger partial charge in [-0.05, 0) is 19.9 Å².